The minimum Gasteiger partial charge on any atom is -0.497 e. The van der Waals surface area contributed by atoms with Crippen molar-refractivity contribution in [3.05, 3.63) is 59.1 Å². The molecule has 0 radical (unpaired) electrons. The summed E-state index contributed by atoms with van der Waals surface area (Å²) in [7, 11) is 1.64. The molecule has 128 valence electrons. The van der Waals surface area contributed by atoms with Crippen molar-refractivity contribution in [2.24, 2.45) is 0 Å². The standard InChI is InChI=1S/C19H23ClN2O2/c1-24-18-4-2-3-15(13-18)19(23)14-21-9-11-22(12-10-21)17-7-5-16(20)6-8-17/h2-8,13,19,23H,9-12,14H2,1H3. The highest BCUT2D eigenvalue weighted by atomic mass is 35.5. The lowest BCUT2D eigenvalue weighted by molar-refractivity contribution is 0.109. The topological polar surface area (TPSA) is 35.9 Å². The fraction of sp³-hybridized carbons (Fsp3) is 0.368. The van der Waals surface area contributed by atoms with Crippen LogP contribution in [-0.2, 0) is 0 Å². The van der Waals surface area contributed by atoms with Gasteiger partial charge in [0.25, 0.3) is 0 Å². The largest absolute Gasteiger partial charge is 0.497 e. The number of rotatable bonds is 5. The molecular formula is C19H23ClN2O2. The quantitative estimate of drug-likeness (QED) is 0.902. The summed E-state index contributed by atoms with van der Waals surface area (Å²) < 4.78 is 5.23. The zero-order chi connectivity index (χ0) is 16.9. The molecule has 2 aromatic carbocycles. The van der Waals surface area contributed by atoms with E-state index < -0.39 is 6.10 Å². The SMILES string of the molecule is COc1cccc(C(O)CN2CCN(c3ccc(Cl)cc3)CC2)c1. The van der Waals surface area contributed by atoms with Crippen LogP contribution in [0.2, 0.25) is 5.02 Å². The van der Waals surface area contributed by atoms with E-state index in [1.54, 1.807) is 7.11 Å². The Balaban J connectivity index is 1.54. The van der Waals surface area contributed by atoms with Gasteiger partial charge in [0.05, 0.1) is 13.2 Å². The van der Waals surface area contributed by atoms with Gasteiger partial charge in [-0.2, -0.15) is 0 Å². The molecule has 1 aliphatic heterocycles. The van der Waals surface area contributed by atoms with E-state index in [9.17, 15) is 5.11 Å². The number of piperazine rings is 1. The Bertz CT molecular complexity index is 655. The van der Waals surface area contributed by atoms with Crippen molar-refractivity contribution < 1.29 is 9.84 Å². The van der Waals surface area contributed by atoms with E-state index in [0.717, 1.165) is 42.5 Å². The summed E-state index contributed by atoms with van der Waals surface area (Å²) >= 11 is 5.95. The Hall–Kier alpha value is -1.75. The van der Waals surface area contributed by atoms with E-state index in [1.807, 2.05) is 36.4 Å². The van der Waals surface area contributed by atoms with Gasteiger partial charge in [0.1, 0.15) is 5.75 Å². The second-order valence-corrected chi connectivity index (χ2v) is 6.49. The predicted octanol–water partition coefficient (Wildman–Crippen LogP) is 3.20. The Kier molecular flexibility index (Phi) is 5.61. The first-order valence-corrected chi connectivity index (χ1v) is 8.58. The van der Waals surface area contributed by atoms with Gasteiger partial charge in [-0.1, -0.05) is 23.7 Å². The number of benzene rings is 2. The normalized spacial score (nSPS) is 16.9. The molecule has 0 amide bonds. The van der Waals surface area contributed by atoms with Gasteiger partial charge in [-0.05, 0) is 42.0 Å². The number of ether oxygens (including phenoxy) is 1. The highest BCUT2D eigenvalue weighted by molar-refractivity contribution is 6.30. The third kappa shape index (κ3) is 4.20. The Morgan fingerprint density at radius 1 is 1.08 bits per heavy atom. The average molecular weight is 347 g/mol. The third-order valence-corrected chi connectivity index (χ3v) is 4.73. The Morgan fingerprint density at radius 3 is 2.46 bits per heavy atom. The lowest BCUT2D eigenvalue weighted by Gasteiger charge is -2.37. The van der Waals surface area contributed by atoms with E-state index in [4.69, 9.17) is 16.3 Å². The molecule has 1 atom stereocenters. The summed E-state index contributed by atoms with van der Waals surface area (Å²) in [6.45, 7) is 4.41. The van der Waals surface area contributed by atoms with Gasteiger partial charge in [-0.3, -0.25) is 4.90 Å². The molecule has 2 aromatic rings. The van der Waals surface area contributed by atoms with Gasteiger partial charge >= 0.3 is 0 Å². The Labute approximate surface area is 148 Å². The highest BCUT2D eigenvalue weighted by Crippen LogP contribution is 2.22. The lowest BCUT2D eigenvalue weighted by Crippen LogP contribution is -2.47. The van der Waals surface area contributed by atoms with Gasteiger partial charge in [-0.25, -0.2) is 0 Å². The summed E-state index contributed by atoms with van der Waals surface area (Å²) in [5.41, 5.74) is 2.10. The number of nitrogens with zero attached hydrogens (tertiary/aromatic N) is 2. The molecule has 1 aliphatic rings. The molecule has 24 heavy (non-hydrogen) atoms. The van der Waals surface area contributed by atoms with Crippen molar-refractivity contribution in [1.29, 1.82) is 0 Å². The molecule has 4 nitrogen and oxygen atoms in total. The molecular weight excluding hydrogens is 324 g/mol. The van der Waals surface area contributed by atoms with E-state index in [1.165, 1.54) is 5.69 Å². The molecule has 1 saturated heterocycles. The molecule has 3 rings (SSSR count). The van der Waals surface area contributed by atoms with Crippen LogP contribution in [0, 0.1) is 0 Å². The maximum atomic E-state index is 10.5. The second-order valence-electron chi connectivity index (χ2n) is 6.06. The van der Waals surface area contributed by atoms with E-state index >= 15 is 0 Å². The van der Waals surface area contributed by atoms with Gasteiger partial charge in [0, 0.05) is 43.4 Å². The lowest BCUT2D eigenvalue weighted by atomic mass is 10.1. The minimum absolute atomic E-state index is 0.498. The molecule has 0 spiro atoms. The van der Waals surface area contributed by atoms with Gasteiger partial charge in [0.15, 0.2) is 0 Å². The summed E-state index contributed by atoms with van der Waals surface area (Å²) in [6.07, 6.45) is -0.498. The van der Waals surface area contributed by atoms with Crippen LogP contribution in [-0.4, -0.2) is 49.8 Å². The fourth-order valence-corrected chi connectivity index (χ4v) is 3.17. The van der Waals surface area contributed by atoms with Crippen molar-refractivity contribution in [2.75, 3.05) is 44.7 Å². The van der Waals surface area contributed by atoms with Crippen LogP contribution in [0.5, 0.6) is 5.75 Å². The molecule has 0 saturated carbocycles. The van der Waals surface area contributed by atoms with Crippen LogP contribution in [0.4, 0.5) is 5.69 Å². The second kappa shape index (κ2) is 7.88. The van der Waals surface area contributed by atoms with Gasteiger partial charge in [-0.15, -0.1) is 0 Å². The number of methoxy groups -OCH3 is 1. The van der Waals surface area contributed by atoms with E-state index in [2.05, 4.69) is 21.9 Å². The smallest absolute Gasteiger partial charge is 0.119 e. The summed E-state index contributed by atoms with van der Waals surface area (Å²) in [4.78, 5) is 4.65. The number of halogens is 1. The predicted molar refractivity (Wildman–Crippen MR) is 98.1 cm³/mol. The van der Waals surface area contributed by atoms with E-state index in [0.29, 0.717) is 6.54 Å². The maximum Gasteiger partial charge on any atom is 0.119 e. The van der Waals surface area contributed by atoms with Gasteiger partial charge in [0.2, 0.25) is 0 Å². The number of aliphatic hydroxyl groups excluding tert-OH is 1. The maximum absolute atomic E-state index is 10.5. The zero-order valence-corrected chi connectivity index (χ0v) is 14.6. The first kappa shape index (κ1) is 17.1. The molecule has 1 N–H and O–H groups in total. The van der Waals surface area contributed by atoms with Crippen LogP contribution in [0.15, 0.2) is 48.5 Å². The van der Waals surface area contributed by atoms with Crippen molar-refractivity contribution in [2.45, 2.75) is 6.10 Å². The number of hydrogen-bond donors (Lipinski definition) is 1. The van der Waals surface area contributed by atoms with Crippen LogP contribution < -0.4 is 9.64 Å². The van der Waals surface area contributed by atoms with Crippen molar-refractivity contribution >= 4 is 17.3 Å². The molecule has 1 heterocycles. The number of aliphatic hydroxyl groups is 1. The highest BCUT2D eigenvalue weighted by Gasteiger charge is 2.20. The van der Waals surface area contributed by atoms with Gasteiger partial charge < -0.3 is 14.7 Å². The Morgan fingerprint density at radius 2 is 1.79 bits per heavy atom. The van der Waals surface area contributed by atoms with Crippen molar-refractivity contribution in [1.82, 2.24) is 4.90 Å². The molecule has 0 bridgehead atoms. The zero-order valence-electron chi connectivity index (χ0n) is 13.9. The first-order valence-electron chi connectivity index (χ1n) is 8.20. The van der Waals surface area contributed by atoms with Crippen LogP contribution in [0.1, 0.15) is 11.7 Å². The molecule has 0 aromatic heterocycles. The van der Waals surface area contributed by atoms with Crippen LogP contribution in [0.3, 0.4) is 0 Å². The third-order valence-electron chi connectivity index (χ3n) is 4.47. The monoisotopic (exact) mass is 346 g/mol. The molecule has 5 heteroatoms. The van der Waals surface area contributed by atoms with Crippen molar-refractivity contribution in [3.8, 4) is 5.75 Å². The van der Waals surface area contributed by atoms with Crippen LogP contribution in [0.25, 0.3) is 0 Å². The van der Waals surface area contributed by atoms with Crippen molar-refractivity contribution in [3.63, 3.8) is 0 Å². The van der Waals surface area contributed by atoms with E-state index in [-0.39, 0.29) is 0 Å². The minimum atomic E-state index is -0.498. The first-order chi connectivity index (χ1) is 11.7. The average Bonchev–Trinajstić information content (AvgIpc) is 2.63. The molecule has 1 unspecified atom stereocenters. The molecule has 0 aliphatic carbocycles. The number of β-amino-alcohol motifs (C(OH)–C–C–N with tert-alkyl or cyclic N) is 1. The summed E-state index contributed by atoms with van der Waals surface area (Å²) in [5.74, 6) is 0.777. The number of hydrogen-bond acceptors (Lipinski definition) is 4. The number of anilines is 1. The summed E-state index contributed by atoms with van der Waals surface area (Å²) in [6, 6.07) is 15.6. The fourth-order valence-electron chi connectivity index (χ4n) is 3.04. The summed E-state index contributed by atoms with van der Waals surface area (Å²) in [5, 5.41) is 11.2. The van der Waals surface area contributed by atoms with Crippen LogP contribution >= 0.6 is 11.6 Å². The molecule has 1 fully saturated rings.